The normalized spacial score (nSPS) is 9.11. The summed E-state index contributed by atoms with van der Waals surface area (Å²) in [7, 11) is 0. The van der Waals surface area contributed by atoms with E-state index in [4.69, 9.17) is 0 Å². The highest BCUT2D eigenvalue weighted by molar-refractivity contribution is 5.74. The SMILES string of the molecule is CCCNNC(=O)CC. The van der Waals surface area contributed by atoms with Crippen molar-refractivity contribution in [3.05, 3.63) is 0 Å². The molecule has 3 nitrogen and oxygen atoms in total. The van der Waals surface area contributed by atoms with Crippen molar-refractivity contribution in [2.75, 3.05) is 6.54 Å². The van der Waals surface area contributed by atoms with Gasteiger partial charge in [-0.05, 0) is 6.42 Å². The van der Waals surface area contributed by atoms with Crippen LogP contribution in [0.5, 0.6) is 0 Å². The van der Waals surface area contributed by atoms with E-state index in [1.807, 2.05) is 13.8 Å². The van der Waals surface area contributed by atoms with Gasteiger partial charge in [0.1, 0.15) is 0 Å². The first-order valence-corrected chi connectivity index (χ1v) is 3.33. The molecule has 0 aliphatic carbocycles. The van der Waals surface area contributed by atoms with Gasteiger partial charge in [-0.15, -0.1) is 0 Å². The smallest absolute Gasteiger partial charge is 0.233 e. The van der Waals surface area contributed by atoms with Crippen molar-refractivity contribution >= 4 is 5.91 Å². The van der Waals surface area contributed by atoms with Crippen LogP contribution in [0, 0.1) is 0 Å². The highest BCUT2D eigenvalue weighted by Crippen LogP contribution is 1.71. The Bertz CT molecular complexity index is 83.1. The highest BCUT2D eigenvalue weighted by atomic mass is 16.2. The summed E-state index contributed by atoms with van der Waals surface area (Å²) < 4.78 is 0. The standard InChI is InChI=1S/C6H14N2O/c1-3-5-7-8-6(9)4-2/h7H,3-5H2,1-2H3,(H,8,9). The average Bonchev–Trinajstić information content (AvgIpc) is 1.89. The zero-order valence-corrected chi connectivity index (χ0v) is 6.03. The van der Waals surface area contributed by atoms with Crippen molar-refractivity contribution in [3.63, 3.8) is 0 Å². The van der Waals surface area contributed by atoms with Gasteiger partial charge in [-0.1, -0.05) is 13.8 Å². The second-order valence-corrected chi connectivity index (χ2v) is 1.83. The van der Waals surface area contributed by atoms with Crippen LogP contribution < -0.4 is 10.9 Å². The van der Waals surface area contributed by atoms with E-state index in [-0.39, 0.29) is 5.91 Å². The van der Waals surface area contributed by atoms with Crippen molar-refractivity contribution in [1.82, 2.24) is 10.9 Å². The number of hydrazine groups is 1. The van der Waals surface area contributed by atoms with Gasteiger partial charge in [0.2, 0.25) is 5.91 Å². The van der Waals surface area contributed by atoms with Crippen molar-refractivity contribution < 1.29 is 4.79 Å². The predicted molar refractivity (Wildman–Crippen MR) is 36.7 cm³/mol. The Balaban J connectivity index is 2.97. The Labute approximate surface area is 55.8 Å². The topological polar surface area (TPSA) is 41.1 Å². The third-order valence-corrected chi connectivity index (χ3v) is 0.924. The summed E-state index contributed by atoms with van der Waals surface area (Å²) in [5, 5.41) is 0. The molecule has 0 aromatic carbocycles. The molecule has 0 saturated carbocycles. The number of nitrogens with one attached hydrogen (secondary N) is 2. The number of amides is 1. The molecule has 0 aliphatic heterocycles. The maximum absolute atomic E-state index is 10.5. The molecule has 0 saturated heterocycles. The molecular weight excluding hydrogens is 116 g/mol. The molecule has 0 unspecified atom stereocenters. The Morgan fingerprint density at radius 2 is 2.11 bits per heavy atom. The molecule has 0 aliphatic rings. The Kier molecular flexibility index (Phi) is 5.21. The molecular formula is C6H14N2O. The van der Waals surface area contributed by atoms with E-state index < -0.39 is 0 Å². The molecule has 1 amide bonds. The second-order valence-electron chi connectivity index (χ2n) is 1.83. The van der Waals surface area contributed by atoms with Crippen LogP contribution >= 0.6 is 0 Å². The average molecular weight is 130 g/mol. The summed E-state index contributed by atoms with van der Waals surface area (Å²) in [6, 6.07) is 0. The first-order chi connectivity index (χ1) is 4.31. The highest BCUT2D eigenvalue weighted by Gasteiger charge is 1.90. The number of hydrogen-bond acceptors (Lipinski definition) is 2. The van der Waals surface area contributed by atoms with Crippen LogP contribution in [0.3, 0.4) is 0 Å². The fraction of sp³-hybridized carbons (Fsp3) is 0.833. The van der Waals surface area contributed by atoms with E-state index in [0.29, 0.717) is 6.42 Å². The molecule has 0 bridgehead atoms. The maximum Gasteiger partial charge on any atom is 0.233 e. The molecule has 0 atom stereocenters. The molecule has 3 heteroatoms. The van der Waals surface area contributed by atoms with Gasteiger partial charge in [0, 0.05) is 13.0 Å². The Morgan fingerprint density at radius 3 is 2.56 bits per heavy atom. The van der Waals surface area contributed by atoms with E-state index in [0.717, 1.165) is 13.0 Å². The minimum Gasteiger partial charge on any atom is -0.292 e. The van der Waals surface area contributed by atoms with Crippen LogP contribution in [0.2, 0.25) is 0 Å². The van der Waals surface area contributed by atoms with Crippen LogP contribution in [0.25, 0.3) is 0 Å². The lowest BCUT2D eigenvalue weighted by molar-refractivity contribution is -0.121. The first-order valence-electron chi connectivity index (χ1n) is 3.33. The van der Waals surface area contributed by atoms with E-state index in [1.54, 1.807) is 0 Å². The van der Waals surface area contributed by atoms with Gasteiger partial charge in [0.05, 0.1) is 0 Å². The van der Waals surface area contributed by atoms with E-state index in [1.165, 1.54) is 0 Å². The van der Waals surface area contributed by atoms with Gasteiger partial charge >= 0.3 is 0 Å². The number of carbonyl (C=O) groups is 1. The molecule has 9 heavy (non-hydrogen) atoms. The Morgan fingerprint density at radius 1 is 1.44 bits per heavy atom. The fourth-order valence-corrected chi connectivity index (χ4v) is 0.374. The third-order valence-electron chi connectivity index (χ3n) is 0.924. The van der Waals surface area contributed by atoms with Crippen LogP contribution in [0.4, 0.5) is 0 Å². The largest absolute Gasteiger partial charge is 0.292 e. The zero-order chi connectivity index (χ0) is 7.11. The van der Waals surface area contributed by atoms with Gasteiger partial charge < -0.3 is 0 Å². The molecule has 54 valence electrons. The molecule has 0 rings (SSSR count). The quantitative estimate of drug-likeness (QED) is 0.428. The Hall–Kier alpha value is -0.570. The van der Waals surface area contributed by atoms with Crippen LogP contribution in [-0.4, -0.2) is 12.5 Å². The number of rotatable bonds is 4. The van der Waals surface area contributed by atoms with E-state index >= 15 is 0 Å². The van der Waals surface area contributed by atoms with Gasteiger partial charge in [-0.3, -0.25) is 10.2 Å². The van der Waals surface area contributed by atoms with Crippen molar-refractivity contribution in [1.29, 1.82) is 0 Å². The molecule has 0 aromatic heterocycles. The molecule has 0 fully saturated rings. The van der Waals surface area contributed by atoms with Gasteiger partial charge in [-0.2, -0.15) is 0 Å². The molecule has 0 radical (unpaired) electrons. The van der Waals surface area contributed by atoms with Gasteiger partial charge in [0.25, 0.3) is 0 Å². The van der Waals surface area contributed by atoms with Crippen LogP contribution in [0.1, 0.15) is 26.7 Å². The fourth-order valence-electron chi connectivity index (χ4n) is 0.374. The summed E-state index contributed by atoms with van der Waals surface area (Å²) >= 11 is 0. The lowest BCUT2D eigenvalue weighted by Crippen LogP contribution is -2.37. The van der Waals surface area contributed by atoms with Crippen LogP contribution in [-0.2, 0) is 4.79 Å². The first kappa shape index (κ1) is 8.43. The maximum atomic E-state index is 10.5. The van der Waals surface area contributed by atoms with Gasteiger partial charge in [0.15, 0.2) is 0 Å². The van der Waals surface area contributed by atoms with Crippen molar-refractivity contribution in [2.45, 2.75) is 26.7 Å². The van der Waals surface area contributed by atoms with E-state index in [2.05, 4.69) is 10.9 Å². The number of hydrogen-bond donors (Lipinski definition) is 2. The minimum absolute atomic E-state index is 0.0449. The zero-order valence-electron chi connectivity index (χ0n) is 6.03. The lowest BCUT2D eigenvalue weighted by atomic mass is 10.5. The minimum atomic E-state index is 0.0449. The molecule has 0 spiro atoms. The molecule has 0 heterocycles. The summed E-state index contributed by atoms with van der Waals surface area (Å²) in [4.78, 5) is 10.5. The van der Waals surface area contributed by atoms with Crippen molar-refractivity contribution in [2.24, 2.45) is 0 Å². The lowest BCUT2D eigenvalue weighted by Gasteiger charge is -2.02. The summed E-state index contributed by atoms with van der Waals surface area (Å²) in [5.41, 5.74) is 5.33. The van der Waals surface area contributed by atoms with E-state index in [9.17, 15) is 4.79 Å². The molecule has 2 N–H and O–H groups in total. The molecule has 0 aromatic rings. The third kappa shape index (κ3) is 5.30. The van der Waals surface area contributed by atoms with Crippen LogP contribution in [0.15, 0.2) is 0 Å². The second kappa shape index (κ2) is 5.56. The summed E-state index contributed by atoms with van der Waals surface area (Å²) in [6.45, 7) is 4.71. The predicted octanol–water partition coefficient (Wildman–Crippen LogP) is 0.427. The summed E-state index contributed by atoms with van der Waals surface area (Å²) in [6.07, 6.45) is 1.57. The van der Waals surface area contributed by atoms with Crippen molar-refractivity contribution in [3.8, 4) is 0 Å². The monoisotopic (exact) mass is 130 g/mol. The van der Waals surface area contributed by atoms with Gasteiger partial charge in [-0.25, -0.2) is 5.43 Å². The summed E-state index contributed by atoms with van der Waals surface area (Å²) in [5.74, 6) is 0.0449. The number of carbonyl (C=O) groups excluding carboxylic acids is 1.